The lowest BCUT2D eigenvalue weighted by Gasteiger charge is -2.30. The second-order valence-corrected chi connectivity index (χ2v) is 8.74. The molecule has 11 heteroatoms. The molecule has 1 aliphatic heterocycles. The highest BCUT2D eigenvalue weighted by molar-refractivity contribution is 5.98. The Morgan fingerprint density at radius 3 is 2.53 bits per heavy atom. The van der Waals surface area contributed by atoms with Crippen LogP contribution in [0.5, 0.6) is 11.5 Å². The first-order valence-electron chi connectivity index (χ1n) is 10.9. The predicted octanol–water partition coefficient (Wildman–Crippen LogP) is 5.38. The summed E-state index contributed by atoms with van der Waals surface area (Å²) in [5.74, 6) is -4.64. The van der Waals surface area contributed by atoms with Gasteiger partial charge in [-0.2, -0.15) is 0 Å². The SMILES string of the molecule is CC1(CO)CN=C(Nc2cc(F)c(Oc3ccnc4[nH]cc(-c5ccc(F)c(F)c5)c34)c(F)c2)OC1. The maximum Gasteiger partial charge on any atom is 0.289 e. The highest BCUT2D eigenvalue weighted by Gasteiger charge is 2.29. The summed E-state index contributed by atoms with van der Waals surface area (Å²) in [5.41, 5.74) is 0.588. The van der Waals surface area contributed by atoms with E-state index in [-0.39, 0.29) is 37.2 Å². The minimum absolute atomic E-state index is 0.0488. The molecule has 5 rings (SSSR count). The van der Waals surface area contributed by atoms with Gasteiger partial charge in [0.15, 0.2) is 29.0 Å². The number of halogens is 4. The van der Waals surface area contributed by atoms with Gasteiger partial charge in [0, 0.05) is 41.2 Å². The van der Waals surface area contributed by atoms with Crippen molar-refractivity contribution in [3.8, 4) is 22.6 Å². The Bertz CT molecular complexity index is 1470. The van der Waals surface area contributed by atoms with E-state index in [0.717, 1.165) is 24.3 Å². The minimum Gasteiger partial charge on any atom is -0.464 e. The second-order valence-electron chi connectivity index (χ2n) is 8.74. The van der Waals surface area contributed by atoms with Crippen LogP contribution in [0.2, 0.25) is 0 Å². The molecule has 1 aliphatic rings. The first-order chi connectivity index (χ1) is 17.3. The van der Waals surface area contributed by atoms with Gasteiger partial charge in [0.2, 0.25) is 0 Å². The number of nitrogens with one attached hydrogen (secondary N) is 2. The fraction of sp³-hybridized carbons (Fsp3) is 0.200. The lowest BCUT2D eigenvalue weighted by atomic mass is 9.93. The monoisotopic (exact) mass is 500 g/mol. The number of H-pyrrole nitrogens is 1. The molecule has 1 unspecified atom stereocenters. The first-order valence-corrected chi connectivity index (χ1v) is 10.9. The molecular weight excluding hydrogens is 480 g/mol. The zero-order chi connectivity index (χ0) is 25.4. The van der Waals surface area contributed by atoms with E-state index in [1.165, 1.54) is 24.5 Å². The van der Waals surface area contributed by atoms with E-state index in [9.17, 15) is 22.7 Å². The van der Waals surface area contributed by atoms with Gasteiger partial charge < -0.3 is 24.9 Å². The molecule has 36 heavy (non-hydrogen) atoms. The third kappa shape index (κ3) is 4.44. The number of anilines is 1. The number of aromatic nitrogens is 2. The maximum atomic E-state index is 14.9. The van der Waals surface area contributed by atoms with Gasteiger partial charge in [0.25, 0.3) is 6.02 Å². The third-order valence-corrected chi connectivity index (χ3v) is 5.77. The highest BCUT2D eigenvalue weighted by Crippen LogP contribution is 2.39. The second kappa shape index (κ2) is 9.15. The third-order valence-electron chi connectivity index (χ3n) is 5.77. The van der Waals surface area contributed by atoms with Crippen molar-refractivity contribution in [2.75, 3.05) is 25.1 Å². The minimum atomic E-state index is -1.04. The summed E-state index contributed by atoms with van der Waals surface area (Å²) in [7, 11) is 0. The van der Waals surface area contributed by atoms with Gasteiger partial charge in [-0.3, -0.25) is 0 Å². The number of ether oxygens (including phenoxy) is 2. The van der Waals surface area contributed by atoms with Gasteiger partial charge in [-0.15, -0.1) is 0 Å². The van der Waals surface area contributed by atoms with Crippen LogP contribution in [-0.2, 0) is 4.74 Å². The molecule has 1 atom stereocenters. The Hall–Kier alpha value is -4.12. The molecule has 4 aromatic rings. The number of aliphatic hydroxyl groups is 1. The molecule has 2 aromatic heterocycles. The number of pyridine rings is 1. The molecule has 0 radical (unpaired) electrons. The van der Waals surface area contributed by atoms with E-state index in [4.69, 9.17) is 9.47 Å². The van der Waals surface area contributed by atoms with E-state index in [1.807, 2.05) is 0 Å². The molecule has 0 spiro atoms. The Morgan fingerprint density at radius 1 is 1.08 bits per heavy atom. The van der Waals surface area contributed by atoms with Crippen LogP contribution < -0.4 is 10.1 Å². The van der Waals surface area contributed by atoms with E-state index < -0.39 is 34.4 Å². The van der Waals surface area contributed by atoms with Crippen LogP contribution in [0.1, 0.15) is 6.92 Å². The van der Waals surface area contributed by atoms with Crippen LogP contribution in [0, 0.1) is 28.7 Å². The number of hydrogen-bond donors (Lipinski definition) is 3. The van der Waals surface area contributed by atoms with Crippen LogP contribution in [0.15, 0.2) is 53.8 Å². The lowest BCUT2D eigenvalue weighted by molar-refractivity contribution is 0.0706. The van der Waals surface area contributed by atoms with Gasteiger partial charge >= 0.3 is 0 Å². The van der Waals surface area contributed by atoms with Crippen molar-refractivity contribution < 1.29 is 32.1 Å². The molecule has 0 amide bonds. The van der Waals surface area contributed by atoms with Crippen molar-refractivity contribution in [2.24, 2.45) is 10.4 Å². The van der Waals surface area contributed by atoms with E-state index in [1.54, 1.807) is 6.92 Å². The summed E-state index contributed by atoms with van der Waals surface area (Å²) in [6.07, 6.45) is 2.90. The number of benzene rings is 2. The van der Waals surface area contributed by atoms with Crippen molar-refractivity contribution in [2.45, 2.75) is 6.92 Å². The van der Waals surface area contributed by atoms with Gasteiger partial charge in [-0.25, -0.2) is 27.5 Å². The Balaban J connectivity index is 1.45. The van der Waals surface area contributed by atoms with Crippen molar-refractivity contribution in [1.82, 2.24) is 9.97 Å². The molecule has 3 N–H and O–H groups in total. The molecule has 2 aromatic carbocycles. The van der Waals surface area contributed by atoms with Crippen molar-refractivity contribution in [3.63, 3.8) is 0 Å². The van der Waals surface area contributed by atoms with Crippen LogP contribution >= 0.6 is 0 Å². The van der Waals surface area contributed by atoms with Crippen LogP contribution in [0.25, 0.3) is 22.2 Å². The largest absolute Gasteiger partial charge is 0.464 e. The number of nitrogens with zero attached hydrogens (tertiary/aromatic N) is 2. The average molecular weight is 500 g/mol. The standard InChI is InChI=1S/C25H20F4N4O3/c1-25(11-34)10-32-24(35-12-25)33-14-7-18(28)22(19(29)8-14)36-20-4-5-30-23-21(20)15(9-31-23)13-2-3-16(26)17(27)6-13/h2-9,34H,10-12H2,1H3,(H,30,31)(H,32,33). The van der Waals surface area contributed by atoms with E-state index in [2.05, 4.69) is 20.3 Å². The van der Waals surface area contributed by atoms with Gasteiger partial charge in [-0.1, -0.05) is 13.0 Å². The zero-order valence-corrected chi connectivity index (χ0v) is 18.9. The molecular formula is C25H20F4N4O3. The topological polar surface area (TPSA) is 91.8 Å². The summed E-state index contributed by atoms with van der Waals surface area (Å²) in [6, 6.07) is 6.90. The zero-order valence-electron chi connectivity index (χ0n) is 18.9. The van der Waals surface area contributed by atoms with Gasteiger partial charge in [0.05, 0.1) is 18.5 Å². The quantitative estimate of drug-likeness (QED) is 0.320. The predicted molar refractivity (Wildman–Crippen MR) is 125 cm³/mol. The Kier molecular flexibility index (Phi) is 6.00. The van der Waals surface area contributed by atoms with Crippen molar-refractivity contribution >= 4 is 22.7 Å². The van der Waals surface area contributed by atoms with Gasteiger partial charge in [-0.05, 0) is 23.8 Å². The number of rotatable bonds is 5. The first kappa shape index (κ1) is 23.6. The number of fused-ring (bicyclic) bond motifs is 1. The summed E-state index contributed by atoms with van der Waals surface area (Å²) in [6.45, 7) is 2.17. The maximum absolute atomic E-state index is 14.9. The fourth-order valence-corrected chi connectivity index (χ4v) is 3.73. The number of aliphatic imine (C=N–C) groups is 1. The molecule has 0 aliphatic carbocycles. The highest BCUT2D eigenvalue weighted by atomic mass is 19.2. The number of hydrogen-bond acceptors (Lipinski definition) is 6. The number of amidine groups is 1. The van der Waals surface area contributed by atoms with Crippen LogP contribution in [-0.4, -0.2) is 40.9 Å². The smallest absolute Gasteiger partial charge is 0.289 e. The normalized spacial score (nSPS) is 17.6. The number of aromatic amines is 1. The van der Waals surface area contributed by atoms with Crippen molar-refractivity contribution in [1.29, 1.82) is 0 Å². The van der Waals surface area contributed by atoms with Gasteiger partial charge in [0.1, 0.15) is 18.0 Å². The van der Waals surface area contributed by atoms with E-state index in [0.29, 0.717) is 22.2 Å². The Morgan fingerprint density at radius 2 is 1.86 bits per heavy atom. The Labute approximate surface area is 202 Å². The van der Waals surface area contributed by atoms with Crippen LogP contribution in [0.4, 0.5) is 23.2 Å². The molecule has 186 valence electrons. The van der Waals surface area contributed by atoms with Crippen molar-refractivity contribution in [3.05, 3.63) is 72.1 Å². The molecule has 0 fully saturated rings. The number of aliphatic hydroxyl groups excluding tert-OH is 1. The molecule has 7 nitrogen and oxygen atoms in total. The average Bonchev–Trinajstić information content (AvgIpc) is 3.30. The molecule has 0 saturated heterocycles. The molecule has 0 saturated carbocycles. The summed E-state index contributed by atoms with van der Waals surface area (Å²) >= 11 is 0. The molecule has 3 heterocycles. The summed E-state index contributed by atoms with van der Waals surface area (Å²) < 4.78 is 68.2. The summed E-state index contributed by atoms with van der Waals surface area (Å²) in [5, 5.41) is 12.4. The lowest BCUT2D eigenvalue weighted by Crippen LogP contribution is -2.38. The molecule has 0 bridgehead atoms. The van der Waals surface area contributed by atoms with Crippen LogP contribution in [0.3, 0.4) is 0 Å². The van der Waals surface area contributed by atoms with E-state index >= 15 is 0 Å². The summed E-state index contributed by atoms with van der Waals surface area (Å²) in [4.78, 5) is 11.2. The fourth-order valence-electron chi connectivity index (χ4n) is 3.73.